The van der Waals surface area contributed by atoms with E-state index in [1.165, 1.54) is 11.3 Å². The van der Waals surface area contributed by atoms with Crippen molar-refractivity contribution < 1.29 is 19.1 Å². The first-order chi connectivity index (χ1) is 14.2. The van der Waals surface area contributed by atoms with Gasteiger partial charge in [0.1, 0.15) is 5.75 Å². The number of methoxy groups -OCH3 is 1. The Morgan fingerprint density at radius 3 is 2.69 bits per heavy atom. The number of hydrogen-bond donors (Lipinski definition) is 0. The Labute approximate surface area is 172 Å². The van der Waals surface area contributed by atoms with Crippen LogP contribution in [0.25, 0.3) is 10.2 Å². The molecular formula is C21H21N3O4S. The van der Waals surface area contributed by atoms with Crippen molar-refractivity contribution >= 4 is 39.1 Å². The van der Waals surface area contributed by atoms with Crippen LogP contribution < -0.4 is 9.64 Å². The highest BCUT2D eigenvalue weighted by Crippen LogP contribution is 2.28. The van der Waals surface area contributed by atoms with E-state index in [0.29, 0.717) is 31.7 Å². The predicted molar refractivity (Wildman–Crippen MR) is 112 cm³/mol. The largest absolute Gasteiger partial charge is 0.495 e. The minimum Gasteiger partial charge on any atom is -0.495 e. The van der Waals surface area contributed by atoms with Gasteiger partial charge in [-0.1, -0.05) is 12.1 Å². The van der Waals surface area contributed by atoms with E-state index in [9.17, 15) is 9.59 Å². The van der Waals surface area contributed by atoms with Crippen LogP contribution in [-0.2, 0) is 9.53 Å². The van der Waals surface area contributed by atoms with E-state index < -0.39 is 5.97 Å². The lowest BCUT2D eigenvalue weighted by Crippen LogP contribution is -2.50. The van der Waals surface area contributed by atoms with Crippen LogP contribution in [0.1, 0.15) is 10.4 Å². The second kappa shape index (κ2) is 8.48. The third-order valence-electron chi connectivity index (χ3n) is 4.95. The number of amides is 1. The lowest BCUT2D eigenvalue weighted by molar-refractivity contribution is -0.134. The summed E-state index contributed by atoms with van der Waals surface area (Å²) in [6, 6.07) is 13.0. The third-order valence-corrected chi connectivity index (χ3v) is 5.74. The summed E-state index contributed by atoms with van der Waals surface area (Å²) < 4.78 is 11.6. The van der Waals surface area contributed by atoms with Gasteiger partial charge in [0.2, 0.25) is 0 Å². The number of rotatable bonds is 5. The average Bonchev–Trinajstić information content (AvgIpc) is 3.25. The maximum atomic E-state index is 12.5. The molecule has 1 fully saturated rings. The number of benzene rings is 2. The molecular weight excluding hydrogens is 390 g/mol. The molecule has 0 aliphatic carbocycles. The van der Waals surface area contributed by atoms with Gasteiger partial charge in [-0.3, -0.25) is 4.79 Å². The molecule has 2 heterocycles. The number of carbonyl (C=O) groups excluding carboxylic acids is 2. The number of ether oxygens (including phenoxy) is 2. The van der Waals surface area contributed by atoms with Gasteiger partial charge in [0, 0.05) is 26.2 Å². The summed E-state index contributed by atoms with van der Waals surface area (Å²) in [6.45, 7) is 2.28. The minimum atomic E-state index is -0.499. The molecule has 1 aliphatic rings. The Kier molecular flexibility index (Phi) is 5.62. The quantitative estimate of drug-likeness (QED) is 0.601. The number of aromatic nitrogens is 1. The fourth-order valence-corrected chi connectivity index (χ4v) is 4.09. The van der Waals surface area contributed by atoms with Crippen molar-refractivity contribution in [3.05, 3.63) is 53.5 Å². The van der Waals surface area contributed by atoms with Crippen molar-refractivity contribution in [2.24, 2.45) is 0 Å². The number of para-hydroxylation sites is 2. The second-order valence-corrected chi connectivity index (χ2v) is 7.54. The number of anilines is 1. The first-order valence-corrected chi connectivity index (χ1v) is 10.2. The Bertz CT molecular complexity index is 1030. The van der Waals surface area contributed by atoms with Crippen molar-refractivity contribution in [3.8, 4) is 5.75 Å². The number of fused-ring (bicyclic) bond motifs is 1. The van der Waals surface area contributed by atoms with Crippen molar-refractivity contribution in [1.29, 1.82) is 0 Å². The average molecular weight is 411 g/mol. The molecule has 0 spiro atoms. The minimum absolute atomic E-state index is 0.183. The van der Waals surface area contributed by atoms with Crippen molar-refractivity contribution in [1.82, 2.24) is 9.88 Å². The highest BCUT2D eigenvalue weighted by molar-refractivity contribution is 7.16. The lowest BCUT2D eigenvalue weighted by Gasteiger charge is -2.36. The first kappa shape index (κ1) is 19.2. The molecule has 1 amide bonds. The number of thiazole rings is 1. The second-order valence-electron chi connectivity index (χ2n) is 6.65. The molecule has 2 aromatic carbocycles. The van der Waals surface area contributed by atoms with E-state index in [1.807, 2.05) is 24.3 Å². The van der Waals surface area contributed by atoms with Crippen LogP contribution in [0.15, 0.2) is 48.0 Å². The zero-order valence-corrected chi connectivity index (χ0v) is 16.9. The number of piperazine rings is 1. The Balaban J connectivity index is 1.30. The molecule has 150 valence electrons. The zero-order chi connectivity index (χ0) is 20.2. The Morgan fingerprint density at radius 1 is 1.10 bits per heavy atom. The van der Waals surface area contributed by atoms with Gasteiger partial charge in [-0.15, -0.1) is 11.3 Å². The van der Waals surface area contributed by atoms with Gasteiger partial charge in [0.25, 0.3) is 5.91 Å². The summed E-state index contributed by atoms with van der Waals surface area (Å²) in [5, 5.41) is 0. The molecule has 0 radical (unpaired) electrons. The monoisotopic (exact) mass is 411 g/mol. The van der Waals surface area contributed by atoms with E-state index in [1.54, 1.807) is 35.7 Å². The van der Waals surface area contributed by atoms with E-state index in [-0.39, 0.29) is 12.5 Å². The molecule has 7 nitrogen and oxygen atoms in total. The highest BCUT2D eigenvalue weighted by Gasteiger charge is 2.23. The number of hydrogen-bond acceptors (Lipinski definition) is 7. The van der Waals surface area contributed by atoms with Crippen LogP contribution in [0.4, 0.5) is 5.69 Å². The molecule has 0 saturated carbocycles. The van der Waals surface area contributed by atoms with Gasteiger partial charge in [0.05, 0.1) is 34.1 Å². The molecule has 0 atom stereocenters. The van der Waals surface area contributed by atoms with Gasteiger partial charge in [-0.25, -0.2) is 9.78 Å². The molecule has 29 heavy (non-hydrogen) atoms. The summed E-state index contributed by atoms with van der Waals surface area (Å²) in [5.74, 6) is 0.136. The molecule has 8 heteroatoms. The predicted octanol–water partition coefficient (Wildman–Crippen LogP) is 2.81. The Hall–Kier alpha value is -3.13. The fourth-order valence-electron chi connectivity index (χ4n) is 3.37. The summed E-state index contributed by atoms with van der Waals surface area (Å²) in [4.78, 5) is 32.9. The molecule has 3 aromatic rings. The van der Waals surface area contributed by atoms with Crippen LogP contribution in [0.2, 0.25) is 0 Å². The highest BCUT2D eigenvalue weighted by atomic mass is 32.1. The molecule has 0 bridgehead atoms. The molecule has 4 rings (SSSR count). The molecule has 1 aromatic heterocycles. The summed E-state index contributed by atoms with van der Waals surface area (Å²) in [5.41, 5.74) is 4.02. The van der Waals surface area contributed by atoms with Gasteiger partial charge in [-0.05, 0) is 30.3 Å². The summed E-state index contributed by atoms with van der Waals surface area (Å²) >= 11 is 1.46. The topological polar surface area (TPSA) is 72.0 Å². The standard InChI is InChI=1S/C21H21N3O4S/c1-27-18-5-3-2-4-17(18)23-8-10-24(11-9-23)20(25)13-28-21(26)15-6-7-16-19(12-15)29-14-22-16/h2-7,12,14H,8-11,13H2,1H3. The SMILES string of the molecule is COc1ccccc1N1CCN(C(=O)COC(=O)c2ccc3ncsc3c2)CC1. The van der Waals surface area contributed by atoms with Gasteiger partial charge < -0.3 is 19.3 Å². The number of nitrogens with zero attached hydrogens (tertiary/aromatic N) is 3. The third kappa shape index (κ3) is 4.17. The van der Waals surface area contributed by atoms with Crippen LogP contribution in [0.5, 0.6) is 5.75 Å². The molecule has 0 N–H and O–H groups in total. The maximum Gasteiger partial charge on any atom is 0.338 e. The van der Waals surface area contributed by atoms with Crippen molar-refractivity contribution in [2.75, 3.05) is 44.8 Å². The Morgan fingerprint density at radius 2 is 1.90 bits per heavy atom. The van der Waals surface area contributed by atoms with Crippen LogP contribution >= 0.6 is 11.3 Å². The first-order valence-electron chi connectivity index (χ1n) is 9.32. The molecule has 0 unspecified atom stereocenters. The van der Waals surface area contributed by atoms with Crippen molar-refractivity contribution in [3.63, 3.8) is 0 Å². The van der Waals surface area contributed by atoms with Crippen LogP contribution in [-0.4, -0.2) is 61.7 Å². The van der Waals surface area contributed by atoms with E-state index in [0.717, 1.165) is 21.7 Å². The van der Waals surface area contributed by atoms with Gasteiger partial charge in [-0.2, -0.15) is 0 Å². The lowest BCUT2D eigenvalue weighted by atomic mass is 10.2. The van der Waals surface area contributed by atoms with Crippen LogP contribution in [0.3, 0.4) is 0 Å². The summed E-state index contributed by atoms with van der Waals surface area (Å²) in [7, 11) is 1.65. The number of esters is 1. The fraction of sp³-hybridized carbons (Fsp3) is 0.286. The van der Waals surface area contributed by atoms with Crippen molar-refractivity contribution in [2.45, 2.75) is 0 Å². The van der Waals surface area contributed by atoms with E-state index in [4.69, 9.17) is 9.47 Å². The van der Waals surface area contributed by atoms with Gasteiger partial charge in [0.15, 0.2) is 6.61 Å². The van der Waals surface area contributed by atoms with E-state index in [2.05, 4.69) is 9.88 Å². The smallest absolute Gasteiger partial charge is 0.338 e. The zero-order valence-electron chi connectivity index (χ0n) is 16.0. The molecule has 1 saturated heterocycles. The summed E-state index contributed by atoms with van der Waals surface area (Å²) in [6.07, 6.45) is 0. The molecule has 1 aliphatic heterocycles. The normalized spacial score (nSPS) is 14.1. The van der Waals surface area contributed by atoms with E-state index >= 15 is 0 Å². The number of carbonyl (C=O) groups is 2. The maximum absolute atomic E-state index is 12.5. The van der Waals surface area contributed by atoms with Crippen LogP contribution in [0, 0.1) is 0 Å². The van der Waals surface area contributed by atoms with Gasteiger partial charge >= 0.3 is 5.97 Å².